The smallest absolute Gasteiger partial charge is 0.319 e. The van der Waals surface area contributed by atoms with Gasteiger partial charge in [0.2, 0.25) is 0 Å². The Hall–Kier alpha value is -3.09. The fraction of sp³-hybridized carbons (Fsp3) is 0.318. The van der Waals surface area contributed by atoms with Crippen LogP contribution in [-0.2, 0) is 23.2 Å². The first-order valence-corrected chi connectivity index (χ1v) is 9.54. The topological polar surface area (TPSA) is 66.5 Å². The first-order valence-electron chi connectivity index (χ1n) is 9.54. The summed E-state index contributed by atoms with van der Waals surface area (Å²) in [6.45, 7) is 0.838. The molecule has 150 valence electrons. The number of imide groups is 1. The second-order valence-electron chi connectivity index (χ2n) is 7.68. The molecule has 0 bridgehead atoms. The van der Waals surface area contributed by atoms with Crippen molar-refractivity contribution in [2.24, 2.45) is 0 Å². The molecule has 1 aliphatic carbocycles. The number of aryl methyl sites for hydroxylation is 2. The van der Waals surface area contributed by atoms with Crippen LogP contribution < -0.4 is 5.32 Å². The first kappa shape index (κ1) is 19.2. The Bertz CT molecular complexity index is 1040. The van der Waals surface area contributed by atoms with Crippen molar-refractivity contribution >= 4 is 17.7 Å². The van der Waals surface area contributed by atoms with Crippen molar-refractivity contribution in [1.29, 1.82) is 0 Å². The minimum absolute atomic E-state index is 0.278. The average molecular weight is 398 g/mol. The zero-order valence-electron chi connectivity index (χ0n) is 15.9. The third-order valence-electron chi connectivity index (χ3n) is 5.71. The Balaban J connectivity index is 1.58. The van der Waals surface area contributed by atoms with Gasteiger partial charge >= 0.3 is 6.03 Å². The lowest BCUT2D eigenvalue weighted by molar-refractivity contribution is -0.130. The van der Waals surface area contributed by atoms with Gasteiger partial charge in [0.1, 0.15) is 17.2 Å². The van der Waals surface area contributed by atoms with Gasteiger partial charge in [-0.05, 0) is 68.0 Å². The zero-order valence-corrected chi connectivity index (χ0v) is 15.9. The highest BCUT2D eigenvalue weighted by molar-refractivity contribution is 6.11. The highest BCUT2D eigenvalue weighted by Crippen LogP contribution is 2.31. The normalized spacial score (nSPS) is 21.1. The Kier molecular flexibility index (Phi) is 4.68. The molecule has 1 N–H and O–H groups in total. The Morgan fingerprint density at radius 1 is 1.07 bits per heavy atom. The number of rotatable bonds is 4. The van der Waals surface area contributed by atoms with Crippen molar-refractivity contribution in [3.05, 3.63) is 70.3 Å². The third kappa shape index (κ3) is 3.30. The average Bonchev–Trinajstić information content (AvgIpc) is 2.93. The Morgan fingerprint density at radius 2 is 1.79 bits per heavy atom. The van der Waals surface area contributed by atoms with Gasteiger partial charge in [0.05, 0.1) is 6.54 Å². The molecule has 29 heavy (non-hydrogen) atoms. The molecule has 0 spiro atoms. The minimum Gasteiger partial charge on any atom is -0.319 e. The summed E-state index contributed by atoms with van der Waals surface area (Å²) >= 11 is 0. The van der Waals surface area contributed by atoms with E-state index < -0.39 is 35.7 Å². The molecule has 0 radical (unpaired) electrons. The van der Waals surface area contributed by atoms with Crippen LogP contribution in [0.2, 0.25) is 0 Å². The van der Waals surface area contributed by atoms with Crippen molar-refractivity contribution in [1.82, 2.24) is 10.2 Å². The number of ketones is 1. The predicted octanol–water partition coefficient (Wildman–Crippen LogP) is 3.49. The lowest BCUT2D eigenvalue weighted by Gasteiger charge is -2.22. The first-order chi connectivity index (χ1) is 13.8. The van der Waals surface area contributed by atoms with Gasteiger partial charge in [-0.15, -0.1) is 0 Å². The van der Waals surface area contributed by atoms with Crippen LogP contribution in [0.5, 0.6) is 0 Å². The quantitative estimate of drug-likeness (QED) is 0.633. The van der Waals surface area contributed by atoms with Gasteiger partial charge in [-0.3, -0.25) is 14.5 Å². The van der Waals surface area contributed by atoms with Gasteiger partial charge in [0.25, 0.3) is 5.91 Å². The molecule has 0 aromatic heterocycles. The maximum absolute atomic E-state index is 14.2. The molecule has 2 aromatic rings. The predicted molar refractivity (Wildman–Crippen MR) is 101 cm³/mol. The van der Waals surface area contributed by atoms with Crippen molar-refractivity contribution in [2.75, 3.05) is 6.54 Å². The van der Waals surface area contributed by atoms with Crippen molar-refractivity contribution < 1.29 is 23.2 Å². The monoisotopic (exact) mass is 398 g/mol. The van der Waals surface area contributed by atoms with E-state index in [2.05, 4.69) is 5.32 Å². The number of Topliss-reactive ketones (excluding diaryl/α,β-unsaturated/α-hetero) is 1. The van der Waals surface area contributed by atoms with Gasteiger partial charge < -0.3 is 5.32 Å². The van der Waals surface area contributed by atoms with E-state index >= 15 is 0 Å². The largest absolute Gasteiger partial charge is 0.325 e. The molecule has 5 nitrogen and oxygen atoms in total. The summed E-state index contributed by atoms with van der Waals surface area (Å²) in [5, 5.41) is 2.40. The van der Waals surface area contributed by atoms with Crippen LogP contribution in [-0.4, -0.2) is 29.2 Å². The van der Waals surface area contributed by atoms with E-state index in [0.29, 0.717) is 5.56 Å². The van der Waals surface area contributed by atoms with Crippen LogP contribution in [0.15, 0.2) is 36.4 Å². The van der Waals surface area contributed by atoms with Gasteiger partial charge in [-0.25, -0.2) is 13.6 Å². The van der Waals surface area contributed by atoms with E-state index in [1.54, 1.807) is 6.07 Å². The summed E-state index contributed by atoms with van der Waals surface area (Å²) in [4.78, 5) is 38.8. The van der Waals surface area contributed by atoms with Crippen LogP contribution in [0.4, 0.5) is 13.6 Å². The summed E-state index contributed by atoms with van der Waals surface area (Å²) < 4.78 is 27.8. The maximum Gasteiger partial charge on any atom is 0.325 e. The number of halogens is 2. The molecule has 0 saturated carbocycles. The van der Waals surface area contributed by atoms with E-state index in [9.17, 15) is 23.2 Å². The van der Waals surface area contributed by atoms with Crippen molar-refractivity contribution in [2.45, 2.75) is 38.1 Å². The molecular weight excluding hydrogens is 378 g/mol. The SMILES string of the molecule is C[C@]1(c2cc(F)ccc2F)NC(=O)N(CC(=O)c2ccc3c(c2)CCCC3)C1=O. The second kappa shape index (κ2) is 7.06. The summed E-state index contributed by atoms with van der Waals surface area (Å²) in [5.41, 5.74) is 0.707. The number of carbonyl (C=O) groups excluding carboxylic acids is 3. The van der Waals surface area contributed by atoms with Crippen LogP contribution >= 0.6 is 0 Å². The molecule has 4 rings (SSSR count). The fourth-order valence-corrected chi connectivity index (χ4v) is 4.05. The lowest BCUT2D eigenvalue weighted by Crippen LogP contribution is -2.42. The second-order valence-corrected chi connectivity index (χ2v) is 7.68. The molecule has 0 unspecified atom stereocenters. The number of urea groups is 1. The number of hydrogen-bond donors (Lipinski definition) is 1. The standard InChI is InChI=1S/C22H20F2N2O3/c1-22(17-11-16(23)8-9-18(17)24)20(28)26(21(29)25-22)12-19(27)15-7-6-13-4-2-3-5-14(13)10-15/h6-11H,2-5,12H2,1H3,(H,25,29)/t22-/m1/s1. The molecule has 1 saturated heterocycles. The number of nitrogens with zero attached hydrogens (tertiary/aromatic N) is 1. The maximum atomic E-state index is 14.2. The number of nitrogens with one attached hydrogen (secondary N) is 1. The molecule has 2 aromatic carbocycles. The van der Waals surface area contributed by atoms with E-state index in [0.717, 1.165) is 54.3 Å². The van der Waals surface area contributed by atoms with E-state index in [1.165, 1.54) is 12.5 Å². The van der Waals surface area contributed by atoms with Crippen LogP contribution in [0.1, 0.15) is 46.8 Å². The van der Waals surface area contributed by atoms with Gasteiger partial charge in [0, 0.05) is 11.1 Å². The van der Waals surface area contributed by atoms with E-state index in [4.69, 9.17) is 0 Å². The molecule has 1 heterocycles. The summed E-state index contributed by atoms with van der Waals surface area (Å²) in [5.74, 6) is -2.72. The van der Waals surface area contributed by atoms with E-state index in [-0.39, 0.29) is 11.3 Å². The summed E-state index contributed by atoms with van der Waals surface area (Å²) in [6, 6.07) is 7.34. The van der Waals surface area contributed by atoms with Gasteiger partial charge in [-0.2, -0.15) is 0 Å². The summed E-state index contributed by atoms with van der Waals surface area (Å²) in [6.07, 6.45) is 4.07. The number of fused-ring (bicyclic) bond motifs is 1. The molecule has 1 atom stereocenters. The molecule has 1 aliphatic heterocycles. The highest BCUT2D eigenvalue weighted by atomic mass is 19.1. The number of amides is 3. The Morgan fingerprint density at radius 3 is 2.55 bits per heavy atom. The number of hydrogen-bond acceptors (Lipinski definition) is 3. The minimum atomic E-state index is -1.78. The van der Waals surface area contributed by atoms with Crippen molar-refractivity contribution in [3.8, 4) is 0 Å². The molecule has 7 heteroatoms. The molecule has 2 aliphatic rings. The zero-order chi connectivity index (χ0) is 20.8. The number of carbonyl (C=O) groups is 3. The van der Waals surface area contributed by atoms with Gasteiger partial charge in [-0.1, -0.05) is 12.1 Å². The highest BCUT2D eigenvalue weighted by Gasteiger charge is 2.50. The fourth-order valence-electron chi connectivity index (χ4n) is 4.05. The third-order valence-corrected chi connectivity index (χ3v) is 5.71. The van der Waals surface area contributed by atoms with Gasteiger partial charge in [0.15, 0.2) is 5.78 Å². The lowest BCUT2D eigenvalue weighted by atomic mass is 9.89. The molecule has 3 amide bonds. The van der Waals surface area contributed by atoms with Crippen LogP contribution in [0, 0.1) is 11.6 Å². The molecular formula is C22H20F2N2O3. The Labute approximate surface area is 166 Å². The van der Waals surface area contributed by atoms with Crippen molar-refractivity contribution in [3.63, 3.8) is 0 Å². The summed E-state index contributed by atoms with van der Waals surface area (Å²) in [7, 11) is 0. The van der Waals surface area contributed by atoms with E-state index in [1.807, 2.05) is 12.1 Å². The number of benzene rings is 2. The molecule has 1 fully saturated rings. The van der Waals surface area contributed by atoms with Crippen LogP contribution in [0.25, 0.3) is 0 Å². The van der Waals surface area contributed by atoms with Crippen LogP contribution in [0.3, 0.4) is 0 Å².